The summed E-state index contributed by atoms with van der Waals surface area (Å²) in [6.45, 7) is 4.39. The fourth-order valence-electron chi connectivity index (χ4n) is 3.68. The molecular formula is C22H45KO4S. The van der Waals surface area contributed by atoms with Gasteiger partial charge in [0.1, 0.15) is 10.1 Å². The molecule has 0 heterocycles. The molecule has 2 unspecified atom stereocenters. The molecule has 0 aromatic heterocycles. The van der Waals surface area contributed by atoms with Gasteiger partial charge in [0, 0.05) is 0 Å². The van der Waals surface area contributed by atoms with Gasteiger partial charge in [0.25, 0.3) is 0 Å². The Bertz CT molecular complexity index is 415. The Morgan fingerprint density at radius 3 is 1.32 bits per heavy atom. The van der Waals surface area contributed by atoms with Crippen molar-refractivity contribution >= 4 is 10.1 Å². The van der Waals surface area contributed by atoms with Crippen molar-refractivity contribution in [1.29, 1.82) is 0 Å². The Morgan fingerprint density at radius 1 is 0.643 bits per heavy atom. The molecule has 0 fully saturated rings. The third-order valence-corrected chi connectivity index (χ3v) is 6.79. The normalized spacial score (nSPS) is 13.9. The molecule has 0 aliphatic rings. The second-order valence-corrected chi connectivity index (χ2v) is 9.72. The van der Waals surface area contributed by atoms with E-state index >= 15 is 0 Å². The first-order valence-corrected chi connectivity index (χ1v) is 13.0. The molecule has 6 heteroatoms. The van der Waals surface area contributed by atoms with E-state index in [1.807, 2.05) is 0 Å². The van der Waals surface area contributed by atoms with Crippen LogP contribution >= 0.6 is 0 Å². The van der Waals surface area contributed by atoms with Crippen molar-refractivity contribution in [1.82, 2.24) is 0 Å². The molecule has 0 aliphatic carbocycles. The summed E-state index contributed by atoms with van der Waals surface area (Å²) in [6, 6.07) is 0. The third kappa shape index (κ3) is 19.5. The molecule has 4 nitrogen and oxygen atoms in total. The van der Waals surface area contributed by atoms with Crippen molar-refractivity contribution in [2.24, 2.45) is 0 Å². The quantitative estimate of drug-likeness (QED) is 0.177. The Kier molecular flexibility index (Phi) is 24.6. The zero-order valence-corrected chi connectivity index (χ0v) is 22.9. The van der Waals surface area contributed by atoms with E-state index in [4.69, 9.17) is 0 Å². The predicted octanol–water partition coefficient (Wildman–Crippen LogP) is 3.33. The Balaban J connectivity index is 0. The van der Waals surface area contributed by atoms with Gasteiger partial charge in [-0.3, -0.25) is 0 Å². The third-order valence-electron chi connectivity index (χ3n) is 5.50. The first kappa shape index (κ1) is 31.7. The largest absolute Gasteiger partial charge is 1.00 e. The van der Waals surface area contributed by atoms with E-state index in [9.17, 15) is 18.1 Å². The number of unbranched alkanes of at least 4 members (excludes halogenated alkanes) is 14. The molecule has 0 aromatic carbocycles. The van der Waals surface area contributed by atoms with Gasteiger partial charge in [0.05, 0.1) is 11.4 Å². The fourth-order valence-corrected chi connectivity index (χ4v) is 4.66. The molecule has 0 aliphatic heterocycles. The number of hydrogen-bond donors (Lipinski definition) is 1. The van der Waals surface area contributed by atoms with Crippen LogP contribution in [-0.2, 0) is 10.1 Å². The van der Waals surface area contributed by atoms with Gasteiger partial charge >= 0.3 is 51.4 Å². The maximum atomic E-state index is 11.5. The van der Waals surface area contributed by atoms with Crippen LogP contribution < -0.4 is 51.4 Å². The molecule has 164 valence electrons. The second kappa shape index (κ2) is 21.7. The number of rotatable bonds is 20. The topological polar surface area (TPSA) is 77.4 Å². The van der Waals surface area contributed by atoms with Crippen LogP contribution in [0.5, 0.6) is 0 Å². The minimum atomic E-state index is -4.43. The van der Waals surface area contributed by atoms with E-state index in [0.29, 0.717) is 12.8 Å². The molecule has 0 rings (SSSR count). The maximum Gasteiger partial charge on any atom is 1.00 e. The summed E-state index contributed by atoms with van der Waals surface area (Å²) in [5.41, 5.74) is 0. The number of aliphatic hydroxyl groups excluding tert-OH is 1. The minimum absolute atomic E-state index is 0. The van der Waals surface area contributed by atoms with Crippen molar-refractivity contribution in [3.05, 3.63) is 0 Å². The zero-order valence-electron chi connectivity index (χ0n) is 19.0. The van der Waals surface area contributed by atoms with Crippen molar-refractivity contribution in [3.8, 4) is 0 Å². The monoisotopic (exact) mass is 444 g/mol. The molecule has 0 radical (unpaired) electrons. The maximum absolute atomic E-state index is 11.5. The van der Waals surface area contributed by atoms with Crippen LogP contribution in [0.1, 0.15) is 129 Å². The van der Waals surface area contributed by atoms with Gasteiger partial charge in [-0.2, -0.15) is 0 Å². The van der Waals surface area contributed by atoms with Crippen molar-refractivity contribution in [3.63, 3.8) is 0 Å². The first-order valence-electron chi connectivity index (χ1n) is 11.6. The summed E-state index contributed by atoms with van der Waals surface area (Å²) in [6.07, 6.45) is 18.0. The molecule has 0 bridgehead atoms. The van der Waals surface area contributed by atoms with Gasteiger partial charge in [0.15, 0.2) is 0 Å². The Labute approximate surface area is 218 Å². The summed E-state index contributed by atoms with van der Waals surface area (Å²) in [4.78, 5) is 0. The van der Waals surface area contributed by atoms with Gasteiger partial charge in [-0.25, -0.2) is 8.42 Å². The van der Waals surface area contributed by atoms with Crippen LogP contribution in [0, 0.1) is 0 Å². The van der Waals surface area contributed by atoms with E-state index in [1.165, 1.54) is 64.2 Å². The molecule has 1 N–H and O–H groups in total. The van der Waals surface area contributed by atoms with Crippen LogP contribution in [0.3, 0.4) is 0 Å². The van der Waals surface area contributed by atoms with E-state index in [-0.39, 0.29) is 51.4 Å². The Hall–Kier alpha value is 1.51. The van der Waals surface area contributed by atoms with Crippen LogP contribution in [0.2, 0.25) is 0 Å². The molecule has 0 saturated heterocycles. The van der Waals surface area contributed by atoms with Crippen LogP contribution in [0.15, 0.2) is 0 Å². The van der Waals surface area contributed by atoms with Gasteiger partial charge < -0.3 is 9.66 Å². The summed E-state index contributed by atoms with van der Waals surface area (Å²) in [7, 11) is -4.43. The predicted molar refractivity (Wildman–Crippen MR) is 114 cm³/mol. The van der Waals surface area contributed by atoms with Gasteiger partial charge in [-0.15, -0.1) is 0 Å². The van der Waals surface area contributed by atoms with Crippen molar-refractivity contribution in [2.75, 3.05) is 0 Å². The van der Waals surface area contributed by atoms with E-state index in [2.05, 4.69) is 13.8 Å². The summed E-state index contributed by atoms with van der Waals surface area (Å²) in [5.74, 6) is 0. The zero-order chi connectivity index (χ0) is 20.4. The van der Waals surface area contributed by atoms with Gasteiger partial charge in [0.2, 0.25) is 0 Å². The molecule has 0 amide bonds. The standard InChI is InChI=1S/C22H46O4S.K/c1-3-5-7-9-11-12-13-14-16-18-20-22(27(24,25)26)21(23)19-17-15-10-8-6-4-2;/h21-23H,3-20H2,1-2H3,(H,24,25,26);/q;+1/p-1. The summed E-state index contributed by atoms with van der Waals surface area (Å²) in [5, 5.41) is 9.09. The number of aliphatic hydroxyl groups is 1. The molecule has 0 saturated carbocycles. The van der Waals surface area contributed by atoms with Crippen molar-refractivity contribution in [2.45, 2.75) is 141 Å². The van der Waals surface area contributed by atoms with Crippen molar-refractivity contribution < 1.29 is 69.5 Å². The SMILES string of the molecule is CCCCCCCCCCCCC(C(O)CCCCCCCC)S(=O)(=O)[O-].[K+]. The van der Waals surface area contributed by atoms with Gasteiger partial charge in [-0.1, -0.05) is 117 Å². The second-order valence-electron chi connectivity index (χ2n) is 8.13. The minimum Gasteiger partial charge on any atom is -0.748 e. The first-order chi connectivity index (χ1) is 12.9. The smallest absolute Gasteiger partial charge is 0.748 e. The Morgan fingerprint density at radius 2 is 0.964 bits per heavy atom. The number of hydrogen-bond acceptors (Lipinski definition) is 4. The molecule has 28 heavy (non-hydrogen) atoms. The molecule has 0 spiro atoms. The van der Waals surface area contributed by atoms with Gasteiger partial charge in [-0.05, 0) is 12.8 Å². The van der Waals surface area contributed by atoms with E-state index in [0.717, 1.165) is 38.5 Å². The molecule has 0 aromatic rings. The molecule has 2 atom stereocenters. The average Bonchev–Trinajstić information content (AvgIpc) is 2.61. The fraction of sp³-hybridized carbons (Fsp3) is 1.00. The van der Waals surface area contributed by atoms with Crippen LogP contribution in [0.4, 0.5) is 0 Å². The summed E-state index contributed by atoms with van der Waals surface area (Å²) >= 11 is 0. The average molecular weight is 445 g/mol. The van der Waals surface area contributed by atoms with E-state index < -0.39 is 21.5 Å². The summed E-state index contributed by atoms with van der Waals surface area (Å²) < 4.78 is 34.6. The molecular weight excluding hydrogens is 399 g/mol. The van der Waals surface area contributed by atoms with E-state index in [1.54, 1.807) is 0 Å². The van der Waals surface area contributed by atoms with Crippen LogP contribution in [0.25, 0.3) is 0 Å². The van der Waals surface area contributed by atoms with Crippen LogP contribution in [-0.4, -0.2) is 29.4 Å².